The maximum Gasteiger partial charge on any atom is 0.189 e. The maximum absolute atomic E-state index is 11.4. The number of allylic oxidation sites excluding steroid dienone is 3. The first-order valence-corrected chi connectivity index (χ1v) is 5.08. The highest BCUT2D eigenvalue weighted by Gasteiger charge is 2.07. The first-order chi connectivity index (χ1) is 7.36. The van der Waals surface area contributed by atoms with Crippen LogP contribution in [-0.2, 0) is 4.79 Å². The molecule has 0 heterocycles. The molecule has 1 aromatic carbocycles. The number of ketones is 1. The summed E-state index contributed by atoms with van der Waals surface area (Å²) in [6, 6.07) is 9.91. The number of carbonyl (C=O) groups is 1. The second kappa shape index (κ2) is 4.59. The molecule has 0 aromatic heterocycles. The fourth-order valence-electron chi connectivity index (χ4n) is 1.50. The summed E-state index contributed by atoms with van der Waals surface area (Å²) in [6.45, 7) is 0. The Hall–Kier alpha value is -1.85. The molecule has 0 saturated carbocycles. The zero-order valence-electron chi connectivity index (χ0n) is 8.44. The minimum absolute atomic E-state index is 0.0911. The average Bonchev–Trinajstić information content (AvgIpc) is 2.29. The third-order valence-corrected chi connectivity index (χ3v) is 2.34. The summed E-state index contributed by atoms with van der Waals surface area (Å²) < 4.78 is 0. The Labute approximate surface area is 89.4 Å². The summed E-state index contributed by atoms with van der Waals surface area (Å²) in [5, 5.41) is 0. The molecule has 0 amide bonds. The van der Waals surface area contributed by atoms with E-state index in [1.165, 1.54) is 0 Å². The number of carbonyl (C=O) groups excluding carboxylic acids is 1. The van der Waals surface area contributed by atoms with Gasteiger partial charge in [0.05, 0.1) is 0 Å². The van der Waals surface area contributed by atoms with E-state index >= 15 is 0 Å². The van der Waals surface area contributed by atoms with Crippen molar-refractivity contribution in [3.05, 3.63) is 59.4 Å². The first-order valence-electron chi connectivity index (χ1n) is 5.08. The molecule has 0 bridgehead atoms. The van der Waals surface area contributed by atoms with E-state index in [0.717, 1.165) is 24.0 Å². The lowest BCUT2D eigenvalue weighted by molar-refractivity contribution is -0.111. The summed E-state index contributed by atoms with van der Waals surface area (Å²) in [5.74, 6) is 0.0911. The highest BCUT2D eigenvalue weighted by molar-refractivity contribution is 6.04. The highest BCUT2D eigenvalue weighted by atomic mass is 16.1. The average molecular weight is 196 g/mol. The minimum Gasteiger partial charge on any atom is -0.289 e. The fraction of sp³-hybridized carbons (Fsp3) is 0.143. The maximum atomic E-state index is 11.4. The Morgan fingerprint density at radius 2 is 2.00 bits per heavy atom. The molecule has 1 nitrogen and oxygen atoms in total. The van der Waals surface area contributed by atoms with Gasteiger partial charge in [0.15, 0.2) is 5.78 Å². The van der Waals surface area contributed by atoms with Gasteiger partial charge < -0.3 is 0 Å². The molecule has 0 unspecified atom stereocenters. The zero-order valence-corrected chi connectivity index (χ0v) is 8.44. The van der Waals surface area contributed by atoms with Crippen molar-refractivity contribution in [2.45, 2.75) is 12.8 Å². The molecule has 2 rings (SSSR count). The van der Waals surface area contributed by atoms with E-state index in [-0.39, 0.29) is 5.78 Å². The molecule has 0 aliphatic heterocycles. The number of hydrogen-bond donors (Lipinski definition) is 0. The topological polar surface area (TPSA) is 17.1 Å². The molecule has 0 atom stereocenters. The SMILES string of the molecule is O=C1C=CCCC1=C=Cc1ccccc1. The molecular weight excluding hydrogens is 184 g/mol. The zero-order chi connectivity index (χ0) is 10.5. The standard InChI is InChI=1S/C14H12O/c15-14-9-5-4-8-13(14)11-10-12-6-2-1-3-7-12/h1-3,5-7,9-10H,4,8H2. The van der Waals surface area contributed by atoms with E-state index < -0.39 is 0 Å². The van der Waals surface area contributed by atoms with Gasteiger partial charge in [-0.15, -0.1) is 5.73 Å². The highest BCUT2D eigenvalue weighted by Crippen LogP contribution is 2.13. The molecule has 0 N–H and O–H groups in total. The third kappa shape index (κ3) is 2.55. The summed E-state index contributed by atoms with van der Waals surface area (Å²) >= 11 is 0. The van der Waals surface area contributed by atoms with Crippen molar-refractivity contribution in [2.75, 3.05) is 0 Å². The minimum atomic E-state index is 0.0911. The molecular formula is C14H12O. The Balaban J connectivity index is 2.26. The Bertz CT molecular complexity index is 445. The fourth-order valence-corrected chi connectivity index (χ4v) is 1.50. The van der Waals surface area contributed by atoms with E-state index in [4.69, 9.17) is 0 Å². The van der Waals surface area contributed by atoms with Gasteiger partial charge in [0, 0.05) is 5.57 Å². The normalized spacial score (nSPS) is 14.9. The second-order valence-corrected chi connectivity index (χ2v) is 3.48. The van der Waals surface area contributed by atoms with Gasteiger partial charge >= 0.3 is 0 Å². The van der Waals surface area contributed by atoms with Gasteiger partial charge in [-0.1, -0.05) is 36.4 Å². The molecule has 1 heteroatoms. The molecule has 0 fully saturated rings. The largest absolute Gasteiger partial charge is 0.289 e. The Morgan fingerprint density at radius 1 is 1.20 bits per heavy atom. The van der Waals surface area contributed by atoms with Gasteiger partial charge in [0.2, 0.25) is 0 Å². The van der Waals surface area contributed by atoms with Gasteiger partial charge in [-0.05, 0) is 30.6 Å². The van der Waals surface area contributed by atoms with Crippen molar-refractivity contribution in [1.82, 2.24) is 0 Å². The second-order valence-electron chi connectivity index (χ2n) is 3.48. The summed E-state index contributed by atoms with van der Waals surface area (Å²) in [7, 11) is 0. The smallest absolute Gasteiger partial charge is 0.189 e. The Morgan fingerprint density at radius 3 is 2.73 bits per heavy atom. The van der Waals surface area contributed by atoms with Gasteiger partial charge in [0.1, 0.15) is 0 Å². The van der Waals surface area contributed by atoms with E-state index in [1.54, 1.807) is 6.08 Å². The molecule has 0 radical (unpaired) electrons. The van der Waals surface area contributed by atoms with Crippen molar-refractivity contribution in [3.63, 3.8) is 0 Å². The van der Waals surface area contributed by atoms with Crippen LogP contribution in [0.15, 0.2) is 53.8 Å². The van der Waals surface area contributed by atoms with Crippen molar-refractivity contribution >= 4 is 11.9 Å². The predicted octanol–water partition coefficient (Wildman–Crippen LogP) is 3.14. The third-order valence-electron chi connectivity index (χ3n) is 2.34. The van der Waals surface area contributed by atoms with Crippen molar-refractivity contribution in [3.8, 4) is 0 Å². The summed E-state index contributed by atoms with van der Waals surface area (Å²) in [5.41, 5.74) is 4.93. The summed E-state index contributed by atoms with van der Waals surface area (Å²) in [4.78, 5) is 11.4. The lowest BCUT2D eigenvalue weighted by atomic mass is 10.0. The predicted molar refractivity (Wildman–Crippen MR) is 61.3 cm³/mol. The molecule has 0 saturated heterocycles. The van der Waals surface area contributed by atoms with E-state index in [1.807, 2.05) is 42.5 Å². The van der Waals surface area contributed by atoms with Crippen molar-refractivity contribution in [1.29, 1.82) is 0 Å². The number of hydrogen-bond acceptors (Lipinski definition) is 1. The Kier molecular flexibility index (Phi) is 2.96. The van der Waals surface area contributed by atoms with Gasteiger partial charge in [-0.25, -0.2) is 0 Å². The number of benzene rings is 1. The monoisotopic (exact) mass is 196 g/mol. The molecule has 1 aromatic rings. The van der Waals surface area contributed by atoms with Crippen molar-refractivity contribution in [2.24, 2.45) is 0 Å². The van der Waals surface area contributed by atoms with Gasteiger partial charge in [-0.3, -0.25) is 4.79 Å². The first kappa shape index (κ1) is 9.70. The summed E-state index contributed by atoms with van der Waals surface area (Å²) in [6.07, 6.45) is 7.16. The van der Waals surface area contributed by atoms with Crippen LogP contribution >= 0.6 is 0 Å². The van der Waals surface area contributed by atoms with Crippen LogP contribution in [0, 0.1) is 0 Å². The van der Waals surface area contributed by atoms with Crippen LogP contribution in [0.1, 0.15) is 18.4 Å². The van der Waals surface area contributed by atoms with Gasteiger partial charge in [0.25, 0.3) is 0 Å². The van der Waals surface area contributed by atoms with Crippen LogP contribution in [-0.4, -0.2) is 5.78 Å². The van der Waals surface area contributed by atoms with E-state index in [0.29, 0.717) is 0 Å². The quantitative estimate of drug-likeness (QED) is 0.498. The van der Waals surface area contributed by atoms with Crippen LogP contribution < -0.4 is 0 Å². The van der Waals surface area contributed by atoms with Crippen LogP contribution in [0.3, 0.4) is 0 Å². The van der Waals surface area contributed by atoms with Crippen molar-refractivity contribution < 1.29 is 4.79 Å². The van der Waals surface area contributed by atoms with Gasteiger partial charge in [-0.2, -0.15) is 0 Å². The van der Waals surface area contributed by atoms with Crippen LogP contribution in [0.25, 0.3) is 6.08 Å². The molecule has 1 aliphatic rings. The van der Waals surface area contributed by atoms with Crippen LogP contribution in [0.4, 0.5) is 0 Å². The lowest BCUT2D eigenvalue weighted by Gasteiger charge is -2.02. The molecule has 15 heavy (non-hydrogen) atoms. The van der Waals surface area contributed by atoms with Crippen LogP contribution in [0.2, 0.25) is 0 Å². The van der Waals surface area contributed by atoms with E-state index in [9.17, 15) is 4.79 Å². The van der Waals surface area contributed by atoms with E-state index in [2.05, 4.69) is 5.73 Å². The lowest BCUT2D eigenvalue weighted by Crippen LogP contribution is -2.01. The molecule has 74 valence electrons. The number of rotatable bonds is 1. The van der Waals surface area contributed by atoms with Crippen LogP contribution in [0.5, 0.6) is 0 Å². The molecule has 1 aliphatic carbocycles. The molecule has 0 spiro atoms.